The molecule has 0 atom stereocenters. The predicted octanol–water partition coefficient (Wildman–Crippen LogP) is 3.05. The second-order valence-corrected chi connectivity index (χ2v) is 7.24. The summed E-state index contributed by atoms with van der Waals surface area (Å²) in [4.78, 5) is 34.1. The van der Waals surface area contributed by atoms with E-state index in [1.165, 1.54) is 12.3 Å². The number of H-pyrrole nitrogens is 1. The van der Waals surface area contributed by atoms with Crippen molar-refractivity contribution in [3.05, 3.63) is 71.7 Å². The zero-order valence-corrected chi connectivity index (χ0v) is 15.4. The lowest BCUT2D eigenvalue weighted by molar-refractivity contribution is 0.239. The number of rotatable bonds is 2. The van der Waals surface area contributed by atoms with Gasteiger partial charge in [0.2, 0.25) is 0 Å². The highest BCUT2D eigenvalue weighted by molar-refractivity contribution is 6.38. The number of halogens is 2. The lowest BCUT2D eigenvalue weighted by Crippen LogP contribution is -2.36. The molecule has 0 spiro atoms. The Balaban J connectivity index is 1.67. The summed E-state index contributed by atoms with van der Waals surface area (Å²) in [5, 5.41) is 1.04. The van der Waals surface area contributed by atoms with Crippen LogP contribution in [0.5, 0.6) is 0 Å². The molecule has 1 aromatic carbocycles. The van der Waals surface area contributed by atoms with Crippen LogP contribution in [0, 0.1) is 6.92 Å². The van der Waals surface area contributed by atoms with Crippen LogP contribution < -0.4 is 11.0 Å². The first-order chi connectivity index (χ1) is 12.4. The highest BCUT2D eigenvalue weighted by Crippen LogP contribution is 2.26. The van der Waals surface area contributed by atoms with Gasteiger partial charge >= 0.3 is 0 Å². The molecule has 1 aliphatic heterocycles. The van der Waals surface area contributed by atoms with Crippen LogP contribution in [0.2, 0.25) is 10.0 Å². The molecule has 0 radical (unpaired) electrons. The zero-order valence-electron chi connectivity index (χ0n) is 13.9. The Morgan fingerprint density at radius 2 is 2.12 bits per heavy atom. The Morgan fingerprint density at radius 1 is 1.31 bits per heavy atom. The average molecular weight is 392 g/mol. The van der Waals surface area contributed by atoms with Gasteiger partial charge in [0.1, 0.15) is 5.82 Å². The van der Waals surface area contributed by atoms with E-state index in [4.69, 9.17) is 27.6 Å². The minimum atomic E-state index is -0.169. The lowest BCUT2D eigenvalue weighted by Gasteiger charge is -2.27. The van der Waals surface area contributed by atoms with Crippen molar-refractivity contribution >= 4 is 34.2 Å². The minimum Gasteiger partial charge on any atom is -0.462 e. The molecule has 0 unspecified atom stereocenters. The number of nitrogens with zero attached hydrogens (tertiary/aromatic N) is 2. The Morgan fingerprint density at radius 3 is 2.92 bits per heavy atom. The summed E-state index contributed by atoms with van der Waals surface area (Å²) in [5.74, 6) is 0.617. The van der Waals surface area contributed by atoms with Gasteiger partial charge in [-0.1, -0.05) is 23.2 Å². The summed E-state index contributed by atoms with van der Waals surface area (Å²) in [6, 6.07) is 3.10. The molecule has 1 N–H and O–H groups in total. The molecular formula is C18H15Cl2N3O3. The first-order valence-corrected chi connectivity index (χ1v) is 8.88. The van der Waals surface area contributed by atoms with E-state index in [9.17, 15) is 9.59 Å². The smallest absolute Gasteiger partial charge is 0.255 e. The van der Waals surface area contributed by atoms with Gasteiger partial charge in [0, 0.05) is 36.6 Å². The van der Waals surface area contributed by atoms with E-state index in [-0.39, 0.29) is 11.0 Å². The number of benzene rings is 1. The summed E-state index contributed by atoms with van der Waals surface area (Å²) < 4.78 is 5.56. The molecule has 0 aliphatic carbocycles. The van der Waals surface area contributed by atoms with Crippen LogP contribution in [-0.2, 0) is 19.5 Å². The van der Waals surface area contributed by atoms with E-state index in [1.807, 2.05) is 4.90 Å². The van der Waals surface area contributed by atoms with Gasteiger partial charge in [0.05, 0.1) is 27.9 Å². The van der Waals surface area contributed by atoms with Crippen molar-refractivity contribution in [2.24, 2.45) is 0 Å². The fraction of sp³-hybridized carbons (Fsp3) is 0.278. The van der Waals surface area contributed by atoms with Crippen LogP contribution in [0.25, 0.3) is 11.0 Å². The molecule has 8 heteroatoms. The Hall–Kier alpha value is -2.15. The topological polar surface area (TPSA) is 79.2 Å². The van der Waals surface area contributed by atoms with Gasteiger partial charge in [0.25, 0.3) is 5.56 Å². The van der Waals surface area contributed by atoms with Gasteiger partial charge in [-0.3, -0.25) is 14.5 Å². The largest absolute Gasteiger partial charge is 0.462 e. The number of aromatic nitrogens is 2. The summed E-state index contributed by atoms with van der Waals surface area (Å²) in [6.07, 6.45) is 2.09. The Kier molecular flexibility index (Phi) is 4.34. The molecule has 0 fully saturated rings. The van der Waals surface area contributed by atoms with Crippen molar-refractivity contribution in [3.63, 3.8) is 0 Å². The molecule has 0 bridgehead atoms. The fourth-order valence-corrected chi connectivity index (χ4v) is 3.83. The van der Waals surface area contributed by atoms with Crippen molar-refractivity contribution < 1.29 is 4.42 Å². The lowest BCUT2D eigenvalue weighted by atomic mass is 10.1. The molecule has 0 saturated heterocycles. The van der Waals surface area contributed by atoms with Crippen molar-refractivity contribution in [2.45, 2.75) is 26.4 Å². The maximum absolute atomic E-state index is 12.8. The number of hydrogen-bond donors (Lipinski definition) is 1. The summed E-state index contributed by atoms with van der Waals surface area (Å²) in [7, 11) is 0. The van der Waals surface area contributed by atoms with Crippen LogP contribution in [0.3, 0.4) is 0 Å². The molecule has 0 amide bonds. The molecule has 134 valence electrons. The first kappa shape index (κ1) is 17.3. The van der Waals surface area contributed by atoms with Gasteiger partial charge in [-0.05, 0) is 19.1 Å². The summed E-state index contributed by atoms with van der Waals surface area (Å²) in [6.45, 7) is 3.28. The highest BCUT2D eigenvalue weighted by atomic mass is 35.5. The van der Waals surface area contributed by atoms with Crippen LogP contribution in [0.15, 0.2) is 32.4 Å². The Labute approximate surface area is 158 Å². The van der Waals surface area contributed by atoms with E-state index in [1.54, 1.807) is 13.0 Å². The van der Waals surface area contributed by atoms with Gasteiger partial charge in [-0.2, -0.15) is 0 Å². The van der Waals surface area contributed by atoms with Crippen molar-refractivity contribution in [1.29, 1.82) is 0 Å². The van der Waals surface area contributed by atoms with E-state index in [0.717, 1.165) is 5.69 Å². The normalized spacial score (nSPS) is 14.6. The van der Waals surface area contributed by atoms with E-state index < -0.39 is 0 Å². The van der Waals surface area contributed by atoms with Gasteiger partial charge < -0.3 is 9.40 Å². The fourth-order valence-electron chi connectivity index (χ4n) is 3.30. The van der Waals surface area contributed by atoms with Crippen molar-refractivity contribution in [1.82, 2.24) is 14.9 Å². The van der Waals surface area contributed by atoms with Crippen molar-refractivity contribution in [3.8, 4) is 0 Å². The van der Waals surface area contributed by atoms with E-state index in [0.29, 0.717) is 64.0 Å². The maximum Gasteiger partial charge on any atom is 0.255 e. The molecular weight excluding hydrogens is 377 g/mol. The summed E-state index contributed by atoms with van der Waals surface area (Å²) >= 11 is 12.1. The third kappa shape index (κ3) is 3.05. The molecule has 26 heavy (non-hydrogen) atoms. The second kappa shape index (κ2) is 6.54. The molecule has 1 aliphatic rings. The molecule has 2 aromatic heterocycles. The number of aromatic amines is 1. The van der Waals surface area contributed by atoms with Crippen LogP contribution in [0.1, 0.15) is 22.6 Å². The second-order valence-electron chi connectivity index (χ2n) is 6.39. The molecule has 6 nitrogen and oxygen atoms in total. The Bertz CT molecular complexity index is 1140. The van der Waals surface area contributed by atoms with E-state index >= 15 is 0 Å². The van der Waals surface area contributed by atoms with Gasteiger partial charge in [-0.15, -0.1) is 0 Å². The van der Waals surface area contributed by atoms with Gasteiger partial charge in [-0.25, -0.2) is 4.98 Å². The number of hydrogen-bond acceptors (Lipinski definition) is 5. The maximum atomic E-state index is 12.8. The first-order valence-electron chi connectivity index (χ1n) is 8.13. The molecule has 3 heterocycles. The number of aryl methyl sites for hydroxylation is 1. The molecule has 4 rings (SSSR count). The quantitative estimate of drug-likeness (QED) is 0.725. The highest BCUT2D eigenvalue weighted by Gasteiger charge is 2.22. The van der Waals surface area contributed by atoms with Crippen LogP contribution >= 0.6 is 23.2 Å². The average Bonchev–Trinajstić information content (AvgIpc) is 2.58. The number of fused-ring (bicyclic) bond motifs is 2. The minimum absolute atomic E-state index is 0.124. The molecule has 0 saturated carbocycles. The molecule has 3 aromatic rings. The number of nitrogens with one attached hydrogen (secondary N) is 1. The monoisotopic (exact) mass is 391 g/mol. The predicted molar refractivity (Wildman–Crippen MR) is 99.9 cm³/mol. The van der Waals surface area contributed by atoms with Gasteiger partial charge in [0.15, 0.2) is 11.0 Å². The third-order valence-corrected chi connectivity index (χ3v) is 5.02. The SMILES string of the molecule is Cc1nc2c(c(=O)[nH]1)CN(Cc1coc3c(Cl)cc(Cl)cc3c1=O)CC2. The van der Waals surface area contributed by atoms with Crippen LogP contribution in [0.4, 0.5) is 0 Å². The van der Waals surface area contributed by atoms with Crippen LogP contribution in [-0.4, -0.2) is 21.4 Å². The van der Waals surface area contributed by atoms with Crippen molar-refractivity contribution in [2.75, 3.05) is 6.54 Å². The third-order valence-electron chi connectivity index (χ3n) is 4.52. The standard InChI is InChI=1S/C18H15Cl2N3O3/c1-9-21-15-2-3-23(7-13(15)18(25)22-9)6-10-8-26-17-12(16(10)24)4-11(19)5-14(17)20/h4-5,8H,2-3,6-7H2,1H3,(H,21,22,25). The summed E-state index contributed by atoms with van der Waals surface area (Å²) in [5.41, 5.74) is 2.00. The van der Waals surface area contributed by atoms with E-state index in [2.05, 4.69) is 9.97 Å². The zero-order chi connectivity index (χ0) is 18.4.